The highest BCUT2D eigenvalue weighted by Crippen LogP contribution is 2.24. The van der Waals surface area contributed by atoms with Gasteiger partial charge >= 0.3 is 5.97 Å². The largest absolute Gasteiger partial charge is 0.478 e. The summed E-state index contributed by atoms with van der Waals surface area (Å²) >= 11 is 3.12. The van der Waals surface area contributed by atoms with E-state index >= 15 is 0 Å². The smallest absolute Gasteiger partial charge is 0.338 e. The quantitative estimate of drug-likeness (QED) is 0.862. The minimum atomic E-state index is -3.91. The maximum atomic E-state index is 13.3. The van der Waals surface area contributed by atoms with E-state index in [2.05, 4.69) is 20.7 Å². The number of carbonyl (C=O) groups is 1. The first-order chi connectivity index (χ1) is 9.81. The van der Waals surface area contributed by atoms with Crippen LogP contribution < -0.4 is 4.72 Å². The van der Waals surface area contributed by atoms with E-state index in [1.54, 1.807) is 18.2 Å². The second-order valence-electron chi connectivity index (χ2n) is 4.04. The molecule has 0 heterocycles. The molecular formula is C13H9BrFNO4S. The van der Waals surface area contributed by atoms with Crippen LogP contribution in [0.4, 0.5) is 10.1 Å². The molecule has 0 fully saturated rings. The zero-order valence-corrected chi connectivity index (χ0v) is 12.8. The number of nitrogens with one attached hydrogen (secondary N) is 1. The topological polar surface area (TPSA) is 83.5 Å². The average Bonchev–Trinajstić information content (AvgIpc) is 2.40. The van der Waals surface area contributed by atoms with Crippen LogP contribution in [0, 0.1) is 5.82 Å². The minimum absolute atomic E-state index is 0.00815. The molecule has 0 aromatic heterocycles. The summed E-state index contributed by atoms with van der Waals surface area (Å²) in [5, 5.41) is 8.82. The first-order valence-corrected chi connectivity index (χ1v) is 7.89. The molecule has 0 spiro atoms. The highest BCUT2D eigenvalue weighted by Gasteiger charge is 2.19. The lowest BCUT2D eigenvalue weighted by molar-refractivity contribution is 0.0692. The Bertz CT molecular complexity index is 808. The number of sulfonamides is 1. The molecule has 110 valence electrons. The number of aromatic carboxylic acids is 1. The number of halogens is 2. The maximum Gasteiger partial charge on any atom is 0.338 e. The van der Waals surface area contributed by atoms with Crippen molar-refractivity contribution >= 4 is 37.6 Å². The monoisotopic (exact) mass is 373 g/mol. The molecule has 0 aliphatic heterocycles. The van der Waals surface area contributed by atoms with Crippen molar-refractivity contribution in [2.75, 3.05) is 4.72 Å². The number of carboxylic acid groups (broad SMARTS) is 1. The molecule has 0 saturated carbocycles. The summed E-state index contributed by atoms with van der Waals surface area (Å²) in [6.45, 7) is 0. The molecule has 8 heteroatoms. The summed E-state index contributed by atoms with van der Waals surface area (Å²) in [5.41, 5.74) is -0.646. The van der Waals surface area contributed by atoms with E-state index in [0.29, 0.717) is 4.47 Å². The summed E-state index contributed by atoms with van der Waals surface area (Å²) in [5.74, 6) is -2.42. The summed E-state index contributed by atoms with van der Waals surface area (Å²) in [7, 11) is -3.91. The van der Waals surface area contributed by atoms with Crippen molar-refractivity contribution in [3.63, 3.8) is 0 Å². The van der Waals surface area contributed by atoms with Crippen molar-refractivity contribution in [3.8, 4) is 0 Å². The van der Waals surface area contributed by atoms with Gasteiger partial charge in [0, 0.05) is 10.2 Å². The Hall–Kier alpha value is -1.93. The number of hydrogen-bond acceptors (Lipinski definition) is 3. The zero-order chi connectivity index (χ0) is 15.6. The van der Waals surface area contributed by atoms with Gasteiger partial charge in [0.1, 0.15) is 10.7 Å². The molecule has 0 aliphatic rings. The predicted molar refractivity (Wildman–Crippen MR) is 78.3 cm³/mol. The minimum Gasteiger partial charge on any atom is -0.478 e. The SMILES string of the molecule is O=C(O)c1cc(NS(=O)(=O)c2ccccc2Br)ccc1F. The zero-order valence-electron chi connectivity index (χ0n) is 10.4. The molecule has 0 saturated heterocycles. The van der Waals surface area contributed by atoms with Gasteiger partial charge in [-0.15, -0.1) is 0 Å². The number of benzene rings is 2. The molecule has 2 rings (SSSR count). The predicted octanol–water partition coefficient (Wildman–Crippen LogP) is 3.09. The van der Waals surface area contributed by atoms with Crippen LogP contribution in [0.15, 0.2) is 51.8 Å². The van der Waals surface area contributed by atoms with E-state index in [-0.39, 0.29) is 10.6 Å². The number of rotatable bonds is 4. The van der Waals surface area contributed by atoms with E-state index in [0.717, 1.165) is 18.2 Å². The second kappa shape index (κ2) is 5.82. The van der Waals surface area contributed by atoms with E-state index in [1.165, 1.54) is 6.07 Å². The van der Waals surface area contributed by atoms with Crippen LogP contribution in [0.2, 0.25) is 0 Å². The van der Waals surface area contributed by atoms with Gasteiger partial charge in [0.15, 0.2) is 0 Å². The summed E-state index contributed by atoms with van der Waals surface area (Å²) in [6.07, 6.45) is 0. The van der Waals surface area contributed by atoms with Gasteiger partial charge in [-0.05, 0) is 46.3 Å². The Morgan fingerprint density at radius 3 is 2.48 bits per heavy atom. The summed E-state index contributed by atoms with van der Waals surface area (Å²) in [4.78, 5) is 10.8. The van der Waals surface area contributed by atoms with Gasteiger partial charge in [-0.25, -0.2) is 17.6 Å². The van der Waals surface area contributed by atoms with Gasteiger partial charge in [-0.2, -0.15) is 0 Å². The summed E-state index contributed by atoms with van der Waals surface area (Å²) < 4.78 is 40.3. The van der Waals surface area contributed by atoms with Crippen molar-refractivity contribution in [2.24, 2.45) is 0 Å². The van der Waals surface area contributed by atoms with Gasteiger partial charge in [-0.3, -0.25) is 4.72 Å². The molecule has 0 unspecified atom stereocenters. The third kappa shape index (κ3) is 3.40. The second-order valence-corrected chi connectivity index (χ2v) is 6.54. The molecule has 2 aromatic rings. The highest BCUT2D eigenvalue weighted by molar-refractivity contribution is 9.10. The molecule has 0 atom stereocenters. The van der Waals surface area contributed by atoms with Crippen LogP contribution in [0.5, 0.6) is 0 Å². The molecular weight excluding hydrogens is 365 g/mol. The highest BCUT2D eigenvalue weighted by atomic mass is 79.9. The maximum absolute atomic E-state index is 13.3. The van der Waals surface area contributed by atoms with Crippen LogP contribution >= 0.6 is 15.9 Å². The number of anilines is 1. The normalized spacial score (nSPS) is 11.1. The van der Waals surface area contributed by atoms with Crippen molar-refractivity contribution in [3.05, 3.63) is 58.3 Å². The first kappa shape index (κ1) is 15.5. The molecule has 0 aliphatic carbocycles. The van der Waals surface area contributed by atoms with Gasteiger partial charge < -0.3 is 5.11 Å². The van der Waals surface area contributed by atoms with Crippen LogP contribution in [0.25, 0.3) is 0 Å². The van der Waals surface area contributed by atoms with Crippen molar-refractivity contribution < 1.29 is 22.7 Å². The first-order valence-electron chi connectivity index (χ1n) is 5.61. The molecule has 0 bridgehead atoms. The third-order valence-electron chi connectivity index (χ3n) is 2.58. The Labute approximate surface area is 128 Å². The Morgan fingerprint density at radius 2 is 1.86 bits per heavy atom. The standard InChI is InChI=1S/C13H9BrFNO4S/c14-10-3-1-2-4-12(10)21(19,20)16-8-5-6-11(15)9(7-8)13(17)18/h1-7,16H,(H,17,18). The molecule has 5 nitrogen and oxygen atoms in total. The number of hydrogen-bond donors (Lipinski definition) is 2. The molecule has 21 heavy (non-hydrogen) atoms. The van der Waals surface area contributed by atoms with Crippen LogP contribution in [0.3, 0.4) is 0 Å². The fraction of sp³-hybridized carbons (Fsp3) is 0. The lowest BCUT2D eigenvalue weighted by atomic mass is 10.2. The molecule has 2 N–H and O–H groups in total. The van der Waals surface area contributed by atoms with Crippen molar-refractivity contribution in [2.45, 2.75) is 4.90 Å². The molecule has 0 amide bonds. The van der Waals surface area contributed by atoms with Gasteiger partial charge in [0.2, 0.25) is 0 Å². The van der Waals surface area contributed by atoms with Crippen LogP contribution in [0.1, 0.15) is 10.4 Å². The van der Waals surface area contributed by atoms with Crippen LogP contribution in [-0.4, -0.2) is 19.5 Å². The van der Waals surface area contributed by atoms with Gasteiger partial charge in [0.25, 0.3) is 10.0 Å². The lowest BCUT2D eigenvalue weighted by Crippen LogP contribution is -2.14. The molecule has 2 aromatic carbocycles. The van der Waals surface area contributed by atoms with Crippen LogP contribution in [-0.2, 0) is 10.0 Å². The van der Waals surface area contributed by atoms with E-state index < -0.39 is 27.4 Å². The lowest BCUT2D eigenvalue weighted by Gasteiger charge is -2.10. The Kier molecular flexibility index (Phi) is 4.29. The van der Waals surface area contributed by atoms with Gasteiger partial charge in [0.05, 0.1) is 5.56 Å². The number of carboxylic acids is 1. The third-order valence-corrected chi connectivity index (χ3v) is 4.97. The van der Waals surface area contributed by atoms with E-state index in [4.69, 9.17) is 5.11 Å². The van der Waals surface area contributed by atoms with E-state index in [1.807, 2.05) is 0 Å². The van der Waals surface area contributed by atoms with Crippen molar-refractivity contribution in [1.29, 1.82) is 0 Å². The molecule has 0 radical (unpaired) electrons. The fourth-order valence-electron chi connectivity index (χ4n) is 1.63. The Morgan fingerprint density at radius 1 is 1.19 bits per heavy atom. The van der Waals surface area contributed by atoms with Crippen molar-refractivity contribution in [1.82, 2.24) is 0 Å². The fourth-order valence-corrected chi connectivity index (χ4v) is 3.68. The summed E-state index contributed by atoms with van der Waals surface area (Å²) in [6, 6.07) is 9.11. The van der Waals surface area contributed by atoms with Gasteiger partial charge in [-0.1, -0.05) is 12.1 Å². The average molecular weight is 374 g/mol. The Balaban J connectivity index is 2.40. The van der Waals surface area contributed by atoms with E-state index in [9.17, 15) is 17.6 Å².